The lowest BCUT2D eigenvalue weighted by molar-refractivity contribution is 0.0960. The molecule has 0 bridgehead atoms. The van der Waals surface area contributed by atoms with Gasteiger partial charge >= 0.3 is 0 Å². The Morgan fingerprint density at radius 3 is 2.75 bits per heavy atom. The number of aromatic nitrogens is 1. The van der Waals surface area contributed by atoms with Crippen LogP contribution in [-0.4, -0.2) is 17.0 Å². The van der Waals surface area contributed by atoms with Gasteiger partial charge in [0.25, 0.3) is 0 Å². The van der Waals surface area contributed by atoms with Crippen LogP contribution in [0, 0.1) is 0 Å². The average molecular weight is 220 g/mol. The van der Waals surface area contributed by atoms with E-state index in [1.54, 1.807) is 0 Å². The van der Waals surface area contributed by atoms with Crippen molar-refractivity contribution in [3.05, 3.63) is 17.0 Å². The standard InChI is InChI=1S/C12H16N2O2/c13-8-5-9(15)11-10(6-8)16-14-12(11)7-3-1-2-4-7/h7-8H,1-6,13H2. The number of fused-ring (bicyclic) bond motifs is 1. The molecule has 2 N–H and O–H groups in total. The Bertz CT molecular complexity index is 419. The molecule has 3 rings (SSSR count). The summed E-state index contributed by atoms with van der Waals surface area (Å²) < 4.78 is 5.29. The summed E-state index contributed by atoms with van der Waals surface area (Å²) in [7, 11) is 0. The molecule has 0 saturated heterocycles. The van der Waals surface area contributed by atoms with E-state index in [4.69, 9.17) is 10.3 Å². The molecule has 0 aromatic carbocycles. The Balaban J connectivity index is 1.99. The quantitative estimate of drug-likeness (QED) is 0.783. The monoisotopic (exact) mass is 220 g/mol. The van der Waals surface area contributed by atoms with Gasteiger partial charge in [0.05, 0.1) is 11.3 Å². The van der Waals surface area contributed by atoms with Gasteiger partial charge in [-0.05, 0) is 12.8 Å². The van der Waals surface area contributed by atoms with Gasteiger partial charge in [-0.2, -0.15) is 0 Å². The molecule has 1 saturated carbocycles. The van der Waals surface area contributed by atoms with Gasteiger partial charge in [0.15, 0.2) is 5.78 Å². The summed E-state index contributed by atoms with van der Waals surface area (Å²) in [4.78, 5) is 12.0. The molecule has 0 spiro atoms. The van der Waals surface area contributed by atoms with Crippen LogP contribution in [0.2, 0.25) is 0 Å². The zero-order valence-corrected chi connectivity index (χ0v) is 9.24. The van der Waals surface area contributed by atoms with Crippen molar-refractivity contribution in [3.63, 3.8) is 0 Å². The zero-order chi connectivity index (χ0) is 11.1. The van der Waals surface area contributed by atoms with Crippen LogP contribution in [-0.2, 0) is 6.42 Å². The molecule has 1 unspecified atom stereocenters. The van der Waals surface area contributed by atoms with E-state index in [0.717, 1.165) is 24.1 Å². The number of rotatable bonds is 1. The van der Waals surface area contributed by atoms with Crippen LogP contribution in [0.1, 0.15) is 59.8 Å². The van der Waals surface area contributed by atoms with Crippen molar-refractivity contribution in [2.24, 2.45) is 5.73 Å². The van der Waals surface area contributed by atoms with Crippen molar-refractivity contribution in [2.75, 3.05) is 0 Å². The van der Waals surface area contributed by atoms with Crippen LogP contribution in [0.25, 0.3) is 0 Å². The van der Waals surface area contributed by atoms with Gasteiger partial charge < -0.3 is 10.3 Å². The molecule has 0 amide bonds. The molecular weight excluding hydrogens is 204 g/mol. The minimum Gasteiger partial charge on any atom is -0.360 e. The molecule has 4 nitrogen and oxygen atoms in total. The van der Waals surface area contributed by atoms with Crippen molar-refractivity contribution >= 4 is 5.78 Å². The highest BCUT2D eigenvalue weighted by molar-refractivity contribution is 5.99. The van der Waals surface area contributed by atoms with E-state index in [9.17, 15) is 4.79 Å². The van der Waals surface area contributed by atoms with Crippen LogP contribution in [0.4, 0.5) is 0 Å². The number of Topliss-reactive ketones (excluding diaryl/α,β-unsaturated/α-hetero) is 1. The van der Waals surface area contributed by atoms with Gasteiger partial charge in [0.1, 0.15) is 5.76 Å². The maximum atomic E-state index is 12.0. The number of nitrogens with zero attached hydrogens (tertiary/aromatic N) is 1. The lowest BCUT2D eigenvalue weighted by Gasteiger charge is -2.16. The molecule has 1 aromatic rings. The van der Waals surface area contributed by atoms with Crippen molar-refractivity contribution in [1.82, 2.24) is 5.16 Å². The Kier molecular flexibility index (Phi) is 2.32. The highest BCUT2D eigenvalue weighted by Gasteiger charge is 2.33. The fourth-order valence-electron chi connectivity index (χ4n) is 2.90. The summed E-state index contributed by atoms with van der Waals surface area (Å²) in [5.41, 5.74) is 7.46. The zero-order valence-electron chi connectivity index (χ0n) is 9.24. The van der Waals surface area contributed by atoms with E-state index in [0.29, 0.717) is 24.5 Å². The molecule has 0 aliphatic heterocycles. The predicted octanol–water partition coefficient (Wildman–Crippen LogP) is 1.79. The normalized spacial score (nSPS) is 26.1. The van der Waals surface area contributed by atoms with Crippen LogP contribution in [0.5, 0.6) is 0 Å². The first-order valence-electron chi connectivity index (χ1n) is 6.03. The average Bonchev–Trinajstić information content (AvgIpc) is 2.82. The van der Waals surface area contributed by atoms with Crippen molar-refractivity contribution in [2.45, 2.75) is 50.5 Å². The fourth-order valence-corrected chi connectivity index (χ4v) is 2.90. The Hall–Kier alpha value is -1.16. The highest BCUT2D eigenvalue weighted by atomic mass is 16.5. The largest absolute Gasteiger partial charge is 0.360 e. The van der Waals surface area contributed by atoms with Crippen molar-refractivity contribution in [1.29, 1.82) is 0 Å². The second-order valence-electron chi connectivity index (χ2n) is 4.94. The molecule has 4 heteroatoms. The predicted molar refractivity (Wildman–Crippen MR) is 58.3 cm³/mol. The number of carbonyl (C=O) groups excluding carboxylic acids is 1. The summed E-state index contributed by atoms with van der Waals surface area (Å²) >= 11 is 0. The number of ketones is 1. The summed E-state index contributed by atoms with van der Waals surface area (Å²) in [5.74, 6) is 1.27. The third-order valence-corrected chi connectivity index (χ3v) is 3.71. The summed E-state index contributed by atoms with van der Waals surface area (Å²) in [6.07, 6.45) is 5.84. The summed E-state index contributed by atoms with van der Waals surface area (Å²) in [5, 5.41) is 4.11. The minimum atomic E-state index is -0.0932. The van der Waals surface area contributed by atoms with Gasteiger partial charge in [-0.1, -0.05) is 18.0 Å². The van der Waals surface area contributed by atoms with Crippen LogP contribution in [0.15, 0.2) is 4.52 Å². The first-order valence-corrected chi connectivity index (χ1v) is 6.03. The number of hydrogen-bond donors (Lipinski definition) is 1. The topological polar surface area (TPSA) is 69.1 Å². The molecule has 0 radical (unpaired) electrons. The van der Waals surface area contributed by atoms with Gasteiger partial charge in [0.2, 0.25) is 0 Å². The van der Waals surface area contributed by atoms with Gasteiger partial charge in [-0.15, -0.1) is 0 Å². The molecule has 2 aliphatic rings. The SMILES string of the molecule is NC1CC(=O)c2c(C3CCCC3)noc2C1. The minimum absolute atomic E-state index is 0.0932. The smallest absolute Gasteiger partial charge is 0.169 e. The summed E-state index contributed by atoms with van der Waals surface area (Å²) in [6.45, 7) is 0. The fraction of sp³-hybridized carbons (Fsp3) is 0.667. The van der Waals surface area contributed by atoms with Crippen molar-refractivity contribution < 1.29 is 9.32 Å². The maximum Gasteiger partial charge on any atom is 0.169 e. The van der Waals surface area contributed by atoms with Crippen LogP contribution in [0.3, 0.4) is 0 Å². The first kappa shape index (κ1) is 10.0. The van der Waals surface area contributed by atoms with Crippen LogP contribution < -0.4 is 5.73 Å². The lowest BCUT2D eigenvalue weighted by atomic mass is 9.88. The number of carbonyl (C=O) groups is 1. The Labute approximate surface area is 94.2 Å². The van der Waals surface area contributed by atoms with Gasteiger partial charge in [-0.3, -0.25) is 4.79 Å². The van der Waals surface area contributed by atoms with Gasteiger partial charge in [-0.25, -0.2) is 0 Å². The third-order valence-electron chi connectivity index (χ3n) is 3.71. The first-order chi connectivity index (χ1) is 7.75. The summed E-state index contributed by atoms with van der Waals surface area (Å²) in [6, 6.07) is -0.0932. The number of hydrogen-bond acceptors (Lipinski definition) is 4. The molecule has 16 heavy (non-hydrogen) atoms. The molecule has 2 aliphatic carbocycles. The van der Waals surface area contributed by atoms with E-state index in [-0.39, 0.29) is 11.8 Å². The van der Waals surface area contributed by atoms with E-state index < -0.39 is 0 Å². The number of nitrogens with two attached hydrogens (primary N) is 1. The Morgan fingerprint density at radius 1 is 1.25 bits per heavy atom. The van der Waals surface area contributed by atoms with E-state index in [1.165, 1.54) is 12.8 Å². The molecule has 86 valence electrons. The second kappa shape index (κ2) is 3.70. The lowest BCUT2D eigenvalue weighted by Crippen LogP contribution is -2.31. The molecule has 1 atom stereocenters. The molecule has 1 aromatic heterocycles. The van der Waals surface area contributed by atoms with E-state index in [1.807, 2.05) is 0 Å². The second-order valence-corrected chi connectivity index (χ2v) is 4.94. The van der Waals surface area contributed by atoms with Gasteiger partial charge in [0, 0.05) is 24.8 Å². The van der Waals surface area contributed by atoms with Crippen LogP contribution >= 0.6 is 0 Å². The third kappa shape index (κ3) is 1.48. The molecular formula is C12H16N2O2. The highest BCUT2D eigenvalue weighted by Crippen LogP contribution is 2.37. The molecule has 1 heterocycles. The Morgan fingerprint density at radius 2 is 2.00 bits per heavy atom. The van der Waals surface area contributed by atoms with E-state index in [2.05, 4.69) is 5.16 Å². The van der Waals surface area contributed by atoms with E-state index >= 15 is 0 Å². The van der Waals surface area contributed by atoms with Crippen molar-refractivity contribution in [3.8, 4) is 0 Å². The maximum absolute atomic E-state index is 12.0. The molecule has 1 fully saturated rings.